The van der Waals surface area contributed by atoms with Gasteiger partial charge >= 0.3 is 0 Å². The van der Waals surface area contributed by atoms with E-state index in [1.807, 2.05) is 7.05 Å². The zero-order valence-corrected chi connectivity index (χ0v) is 12.1. The van der Waals surface area contributed by atoms with Gasteiger partial charge in [-0.3, -0.25) is 0 Å². The summed E-state index contributed by atoms with van der Waals surface area (Å²) in [6, 6.07) is 9.01. The van der Waals surface area contributed by atoms with Crippen LogP contribution >= 0.6 is 11.3 Å². The molecule has 2 nitrogen and oxygen atoms in total. The Bertz CT molecular complexity index is 505. The van der Waals surface area contributed by atoms with Gasteiger partial charge in [-0.25, -0.2) is 4.98 Å². The number of benzene rings is 1. The minimum atomic E-state index is 0.350. The number of aryl methyl sites for hydroxylation is 2. The van der Waals surface area contributed by atoms with Crippen molar-refractivity contribution < 1.29 is 0 Å². The van der Waals surface area contributed by atoms with Crippen LogP contribution in [0.3, 0.4) is 0 Å². The van der Waals surface area contributed by atoms with Crippen LogP contribution in [0.2, 0.25) is 0 Å². The standard InChI is InChI=1S/C15H20N2S/c1-4-12-7-5-6-8-14(12)15(16-3)9-13-10-18-11(2)17-13/h5-8,10,15-16H,4,9H2,1-3H3. The zero-order chi connectivity index (χ0) is 13.0. The van der Waals surface area contributed by atoms with Crippen molar-refractivity contribution in [1.29, 1.82) is 0 Å². The maximum Gasteiger partial charge on any atom is 0.0897 e. The third kappa shape index (κ3) is 2.98. The molecule has 0 radical (unpaired) electrons. The molecular formula is C15H20N2S. The maximum atomic E-state index is 4.56. The number of rotatable bonds is 5. The maximum absolute atomic E-state index is 4.56. The minimum absolute atomic E-state index is 0.350. The monoisotopic (exact) mass is 260 g/mol. The van der Waals surface area contributed by atoms with Gasteiger partial charge in [-0.2, -0.15) is 0 Å². The molecule has 0 aliphatic heterocycles. The molecule has 1 N–H and O–H groups in total. The van der Waals surface area contributed by atoms with E-state index in [-0.39, 0.29) is 0 Å². The van der Waals surface area contributed by atoms with E-state index in [1.165, 1.54) is 16.8 Å². The van der Waals surface area contributed by atoms with E-state index in [9.17, 15) is 0 Å². The van der Waals surface area contributed by atoms with Gasteiger partial charge in [0.25, 0.3) is 0 Å². The number of likely N-dealkylation sites (N-methyl/N-ethyl adjacent to an activating group) is 1. The Morgan fingerprint density at radius 1 is 1.33 bits per heavy atom. The molecule has 0 aliphatic rings. The highest BCUT2D eigenvalue weighted by Gasteiger charge is 2.14. The van der Waals surface area contributed by atoms with E-state index < -0.39 is 0 Å². The molecule has 0 spiro atoms. The van der Waals surface area contributed by atoms with Gasteiger partial charge in [-0.1, -0.05) is 31.2 Å². The predicted molar refractivity (Wildman–Crippen MR) is 78.2 cm³/mol. The van der Waals surface area contributed by atoms with Crippen molar-refractivity contribution in [3.63, 3.8) is 0 Å². The SMILES string of the molecule is CCc1ccccc1C(Cc1csc(C)n1)NC. The normalized spacial score (nSPS) is 12.6. The number of hydrogen-bond acceptors (Lipinski definition) is 3. The molecule has 0 bridgehead atoms. The van der Waals surface area contributed by atoms with Gasteiger partial charge < -0.3 is 5.32 Å². The van der Waals surface area contributed by atoms with E-state index in [1.54, 1.807) is 11.3 Å². The lowest BCUT2D eigenvalue weighted by Gasteiger charge is -2.18. The lowest BCUT2D eigenvalue weighted by Crippen LogP contribution is -2.20. The van der Waals surface area contributed by atoms with Gasteiger partial charge in [0.15, 0.2) is 0 Å². The lowest BCUT2D eigenvalue weighted by molar-refractivity contribution is 0.580. The molecular weight excluding hydrogens is 240 g/mol. The van der Waals surface area contributed by atoms with Crippen LogP contribution in [0.25, 0.3) is 0 Å². The van der Waals surface area contributed by atoms with Crippen molar-refractivity contribution in [3.8, 4) is 0 Å². The molecule has 0 saturated heterocycles. The van der Waals surface area contributed by atoms with Gasteiger partial charge in [-0.05, 0) is 31.5 Å². The van der Waals surface area contributed by atoms with Crippen LogP contribution in [-0.4, -0.2) is 12.0 Å². The number of hydrogen-bond donors (Lipinski definition) is 1. The van der Waals surface area contributed by atoms with E-state index in [0.29, 0.717) is 6.04 Å². The number of thiazole rings is 1. The summed E-state index contributed by atoms with van der Waals surface area (Å²) in [6.07, 6.45) is 2.03. The average Bonchev–Trinajstić information content (AvgIpc) is 2.81. The van der Waals surface area contributed by atoms with Crippen molar-refractivity contribution in [2.45, 2.75) is 32.7 Å². The van der Waals surface area contributed by atoms with Gasteiger partial charge in [0, 0.05) is 17.8 Å². The molecule has 0 aliphatic carbocycles. The third-order valence-electron chi connectivity index (χ3n) is 3.24. The molecule has 96 valence electrons. The molecule has 3 heteroatoms. The van der Waals surface area contributed by atoms with Crippen LogP contribution < -0.4 is 5.32 Å². The van der Waals surface area contributed by atoms with Crippen molar-refractivity contribution in [2.75, 3.05) is 7.05 Å². The number of nitrogens with one attached hydrogen (secondary N) is 1. The van der Waals surface area contributed by atoms with Gasteiger partial charge in [0.05, 0.1) is 10.7 Å². The topological polar surface area (TPSA) is 24.9 Å². The fraction of sp³-hybridized carbons (Fsp3) is 0.400. The molecule has 18 heavy (non-hydrogen) atoms. The van der Waals surface area contributed by atoms with Crippen LogP contribution in [0.15, 0.2) is 29.6 Å². The van der Waals surface area contributed by atoms with Crippen molar-refractivity contribution >= 4 is 11.3 Å². The van der Waals surface area contributed by atoms with Crippen LogP contribution in [0.4, 0.5) is 0 Å². The Balaban J connectivity index is 2.22. The van der Waals surface area contributed by atoms with Crippen LogP contribution in [0.1, 0.15) is 34.8 Å². The summed E-state index contributed by atoms with van der Waals surface area (Å²) in [7, 11) is 2.02. The highest BCUT2D eigenvalue weighted by atomic mass is 32.1. The fourth-order valence-corrected chi connectivity index (χ4v) is 2.90. The highest BCUT2D eigenvalue weighted by molar-refractivity contribution is 7.09. The molecule has 2 aromatic rings. The largest absolute Gasteiger partial charge is 0.313 e. The van der Waals surface area contributed by atoms with Gasteiger partial charge in [0.1, 0.15) is 0 Å². The molecule has 1 aromatic heterocycles. The minimum Gasteiger partial charge on any atom is -0.313 e. The molecule has 0 saturated carbocycles. The van der Waals surface area contributed by atoms with Gasteiger partial charge in [-0.15, -0.1) is 11.3 Å². The Hall–Kier alpha value is -1.19. The summed E-state index contributed by atoms with van der Waals surface area (Å²) in [5, 5.41) is 6.72. The Morgan fingerprint density at radius 2 is 2.11 bits per heavy atom. The smallest absolute Gasteiger partial charge is 0.0897 e. The zero-order valence-electron chi connectivity index (χ0n) is 11.2. The average molecular weight is 260 g/mol. The Labute approximate surface area is 113 Å². The first-order valence-electron chi connectivity index (χ1n) is 6.40. The van der Waals surface area contributed by atoms with Crippen LogP contribution in [0.5, 0.6) is 0 Å². The van der Waals surface area contributed by atoms with E-state index in [4.69, 9.17) is 0 Å². The second-order valence-corrected chi connectivity index (χ2v) is 5.52. The molecule has 1 unspecified atom stereocenters. The van der Waals surface area contributed by atoms with E-state index in [0.717, 1.165) is 17.8 Å². The summed E-state index contributed by atoms with van der Waals surface area (Å²) in [5.74, 6) is 0. The highest BCUT2D eigenvalue weighted by Crippen LogP contribution is 2.23. The molecule has 1 atom stereocenters. The quantitative estimate of drug-likeness (QED) is 0.889. The molecule has 1 aromatic carbocycles. The summed E-state index contributed by atoms with van der Waals surface area (Å²) >= 11 is 1.72. The summed E-state index contributed by atoms with van der Waals surface area (Å²) in [4.78, 5) is 4.56. The summed E-state index contributed by atoms with van der Waals surface area (Å²) < 4.78 is 0. The number of aromatic nitrogens is 1. The molecule has 0 amide bonds. The fourth-order valence-electron chi connectivity index (χ4n) is 2.27. The van der Waals surface area contributed by atoms with Crippen LogP contribution in [-0.2, 0) is 12.8 Å². The first-order chi connectivity index (χ1) is 8.74. The van der Waals surface area contributed by atoms with Gasteiger partial charge in [0.2, 0.25) is 0 Å². The second kappa shape index (κ2) is 6.12. The molecule has 2 rings (SSSR count). The predicted octanol–water partition coefficient (Wildman–Crippen LogP) is 3.52. The summed E-state index contributed by atoms with van der Waals surface area (Å²) in [6.45, 7) is 4.26. The summed E-state index contributed by atoms with van der Waals surface area (Å²) in [5.41, 5.74) is 4.00. The van der Waals surface area contributed by atoms with Crippen molar-refractivity contribution in [2.24, 2.45) is 0 Å². The second-order valence-electron chi connectivity index (χ2n) is 4.46. The van der Waals surface area contributed by atoms with Crippen molar-refractivity contribution in [3.05, 3.63) is 51.5 Å². The Kier molecular flexibility index (Phi) is 4.50. The molecule has 0 fully saturated rings. The van der Waals surface area contributed by atoms with E-state index in [2.05, 4.69) is 53.8 Å². The first-order valence-corrected chi connectivity index (χ1v) is 7.28. The third-order valence-corrected chi connectivity index (χ3v) is 4.06. The first kappa shape index (κ1) is 13.2. The number of nitrogens with zero attached hydrogens (tertiary/aromatic N) is 1. The van der Waals surface area contributed by atoms with E-state index >= 15 is 0 Å². The lowest BCUT2D eigenvalue weighted by atomic mass is 9.96. The van der Waals surface area contributed by atoms with Crippen LogP contribution in [0, 0.1) is 6.92 Å². The molecule has 1 heterocycles. The Morgan fingerprint density at radius 3 is 2.72 bits per heavy atom. The van der Waals surface area contributed by atoms with Crippen molar-refractivity contribution in [1.82, 2.24) is 10.3 Å².